The largest absolute Gasteiger partial charge is 0.370 e. The van der Waals surface area contributed by atoms with Gasteiger partial charge in [-0.3, -0.25) is 4.90 Å². The molecule has 0 spiro atoms. The van der Waals surface area contributed by atoms with Gasteiger partial charge in [0.15, 0.2) is 0 Å². The van der Waals surface area contributed by atoms with Crippen LogP contribution in [0, 0.1) is 5.92 Å². The lowest BCUT2D eigenvalue weighted by atomic mass is 9.99. The molecule has 0 saturated carbocycles. The van der Waals surface area contributed by atoms with Crippen LogP contribution in [0.5, 0.6) is 0 Å². The predicted molar refractivity (Wildman–Crippen MR) is 77.7 cm³/mol. The number of ether oxygens (including phenoxy) is 1. The highest BCUT2D eigenvalue weighted by molar-refractivity contribution is 4.83. The lowest BCUT2D eigenvalue weighted by molar-refractivity contribution is -0.130. The SMILES string of the molecule is CC(N)CCCC(C)CN1CC(C)OC(C)(C)C1. The van der Waals surface area contributed by atoms with E-state index in [4.69, 9.17) is 10.5 Å². The topological polar surface area (TPSA) is 38.5 Å². The predicted octanol–water partition coefficient (Wildman–Crippen LogP) is 2.64. The first-order chi connectivity index (χ1) is 8.28. The third kappa shape index (κ3) is 6.17. The molecule has 0 aromatic carbocycles. The smallest absolute Gasteiger partial charge is 0.0757 e. The Kier molecular flexibility index (Phi) is 6.09. The van der Waals surface area contributed by atoms with E-state index in [-0.39, 0.29) is 5.60 Å². The quantitative estimate of drug-likeness (QED) is 0.794. The minimum absolute atomic E-state index is 0.00313. The van der Waals surface area contributed by atoms with Gasteiger partial charge in [-0.1, -0.05) is 13.3 Å². The molecule has 108 valence electrons. The number of rotatable bonds is 6. The Bertz CT molecular complexity index is 241. The molecule has 1 saturated heterocycles. The molecule has 1 aliphatic rings. The summed E-state index contributed by atoms with van der Waals surface area (Å²) in [5.74, 6) is 0.754. The average Bonchev–Trinajstić information content (AvgIpc) is 2.12. The van der Waals surface area contributed by atoms with Crippen molar-refractivity contribution in [1.29, 1.82) is 0 Å². The van der Waals surface area contributed by atoms with Crippen LogP contribution in [0.15, 0.2) is 0 Å². The number of nitrogens with zero attached hydrogens (tertiary/aromatic N) is 1. The lowest BCUT2D eigenvalue weighted by Gasteiger charge is -2.42. The summed E-state index contributed by atoms with van der Waals surface area (Å²) in [6.07, 6.45) is 4.04. The summed E-state index contributed by atoms with van der Waals surface area (Å²) in [7, 11) is 0. The maximum atomic E-state index is 5.94. The Morgan fingerprint density at radius 2 is 2.00 bits per heavy atom. The van der Waals surface area contributed by atoms with Crippen molar-refractivity contribution in [3.63, 3.8) is 0 Å². The van der Waals surface area contributed by atoms with Crippen molar-refractivity contribution in [1.82, 2.24) is 4.90 Å². The van der Waals surface area contributed by atoms with E-state index in [0.717, 1.165) is 25.4 Å². The summed E-state index contributed by atoms with van der Waals surface area (Å²) in [6.45, 7) is 14.3. The molecule has 3 atom stereocenters. The average molecular weight is 256 g/mol. The first-order valence-electron chi connectivity index (χ1n) is 7.44. The molecule has 0 aromatic heterocycles. The van der Waals surface area contributed by atoms with E-state index in [1.54, 1.807) is 0 Å². The highest BCUT2D eigenvalue weighted by Gasteiger charge is 2.31. The molecule has 0 amide bonds. The van der Waals surface area contributed by atoms with Crippen LogP contribution in [0.25, 0.3) is 0 Å². The van der Waals surface area contributed by atoms with E-state index in [9.17, 15) is 0 Å². The molecule has 1 fully saturated rings. The summed E-state index contributed by atoms with van der Waals surface area (Å²) in [5.41, 5.74) is 5.79. The van der Waals surface area contributed by atoms with Gasteiger partial charge >= 0.3 is 0 Å². The van der Waals surface area contributed by atoms with Gasteiger partial charge in [0.1, 0.15) is 0 Å². The van der Waals surface area contributed by atoms with Crippen LogP contribution in [0.3, 0.4) is 0 Å². The van der Waals surface area contributed by atoms with Crippen molar-refractivity contribution < 1.29 is 4.74 Å². The van der Waals surface area contributed by atoms with E-state index < -0.39 is 0 Å². The van der Waals surface area contributed by atoms with Crippen molar-refractivity contribution in [2.24, 2.45) is 11.7 Å². The molecule has 18 heavy (non-hydrogen) atoms. The van der Waals surface area contributed by atoms with E-state index in [0.29, 0.717) is 12.1 Å². The van der Waals surface area contributed by atoms with Gasteiger partial charge in [-0.25, -0.2) is 0 Å². The van der Waals surface area contributed by atoms with Crippen molar-refractivity contribution in [2.45, 2.75) is 71.6 Å². The van der Waals surface area contributed by atoms with Gasteiger partial charge in [-0.05, 0) is 46.5 Å². The van der Waals surface area contributed by atoms with Crippen LogP contribution >= 0.6 is 0 Å². The summed E-state index contributed by atoms with van der Waals surface area (Å²) in [5, 5.41) is 0. The van der Waals surface area contributed by atoms with Crippen LogP contribution in [0.4, 0.5) is 0 Å². The standard InChI is InChI=1S/C15H32N2O/c1-12(7-6-8-13(2)16)9-17-10-14(3)18-15(4,5)11-17/h12-14H,6-11,16H2,1-5H3. The maximum absolute atomic E-state index is 5.94. The van der Waals surface area contributed by atoms with Crippen molar-refractivity contribution in [2.75, 3.05) is 19.6 Å². The highest BCUT2D eigenvalue weighted by Crippen LogP contribution is 2.22. The second kappa shape index (κ2) is 6.88. The fourth-order valence-electron chi connectivity index (χ4n) is 3.05. The molecular weight excluding hydrogens is 224 g/mol. The van der Waals surface area contributed by atoms with Crippen LogP contribution in [-0.4, -0.2) is 42.3 Å². The maximum Gasteiger partial charge on any atom is 0.0757 e. The van der Waals surface area contributed by atoms with Gasteiger partial charge in [0.05, 0.1) is 11.7 Å². The fourth-order valence-corrected chi connectivity index (χ4v) is 3.05. The van der Waals surface area contributed by atoms with Crippen molar-refractivity contribution >= 4 is 0 Å². The molecule has 0 bridgehead atoms. The summed E-state index contributed by atoms with van der Waals surface area (Å²) in [6, 6.07) is 0.347. The van der Waals surface area contributed by atoms with Crippen LogP contribution in [0.1, 0.15) is 53.9 Å². The Morgan fingerprint density at radius 3 is 2.56 bits per heavy atom. The Labute approximate surface area is 113 Å². The molecule has 0 aromatic rings. The third-order valence-corrected chi connectivity index (χ3v) is 3.57. The first-order valence-corrected chi connectivity index (χ1v) is 7.44. The minimum Gasteiger partial charge on any atom is -0.370 e. The molecule has 1 aliphatic heterocycles. The zero-order valence-corrected chi connectivity index (χ0v) is 12.9. The van der Waals surface area contributed by atoms with E-state index in [2.05, 4.69) is 39.5 Å². The van der Waals surface area contributed by atoms with E-state index in [1.807, 2.05) is 0 Å². The molecule has 1 heterocycles. The second-order valence-electron chi connectivity index (χ2n) is 6.90. The van der Waals surface area contributed by atoms with Gasteiger partial charge in [-0.2, -0.15) is 0 Å². The van der Waals surface area contributed by atoms with Gasteiger partial charge in [-0.15, -0.1) is 0 Å². The number of hydrogen-bond donors (Lipinski definition) is 1. The molecule has 3 heteroatoms. The Morgan fingerprint density at radius 1 is 1.33 bits per heavy atom. The van der Waals surface area contributed by atoms with E-state index >= 15 is 0 Å². The zero-order valence-electron chi connectivity index (χ0n) is 12.9. The molecule has 0 aliphatic carbocycles. The molecule has 0 radical (unpaired) electrons. The van der Waals surface area contributed by atoms with Crippen LogP contribution < -0.4 is 5.73 Å². The number of nitrogens with two attached hydrogens (primary N) is 1. The summed E-state index contributed by atoms with van der Waals surface area (Å²) >= 11 is 0. The van der Waals surface area contributed by atoms with Crippen molar-refractivity contribution in [3.8, 4) is 0 Å². The van der Waals surface area contributed by atoms with E-state index in [1.165, 1.54) is 19.4 Å². The van der Waals surface area contributed by atoms with Gasteiger partial charge in [0, 0.05) is 25.7 Å². The number of hydrogen-bond acceptors (Lipinski definition) is 3. The summed E-state index contributed by atoms with van der Waals surface area (Å²) < 4.78 is 5.94. The van der Waals surface area contributed by atoms with Gasteiger partial charge in [0.2, 0.25) is 0 Å². The fraction of sp³-hybridized carbons (Fsp3) is 1.00. The molecule has 1 rings (SSSR count). The Balaban J connectivity index is 2.28. The lowest BCUT2D eigenvalue weighted by Crippen LogP contribution is -2.52. The highest BCUT2D eigenvalue weighted by atomic mass is 16.5. The van der Waals surface area contributed by atoms with Gasteiger partial charge < -0.3 is 10.5 Å². The zero-order chi connectivity index (χ0) is 13.8. The van der Waals surface area contributed by atoms with Crippen LogP contribution in [-0.2, 0) is 4.74 Å². The van der Waals surface area contributed by atoms with Gasteiger partial charge in [0.25, 0.3) is 0 Å². The monoisotopic (exact) mass is 256 g/mol. The molecule has 3 nitrogen and oxygen atoms in total. The summed E-state index contributed by atoms with van der Waals surface area (Å²) in [4.78, 5) is 2.56. The third-order valence-electron chi connectivity index (χ3n) is 3.57. The molecular formula is C15H32N2O. The first kappa shape index (κ1) is 15.9. The normalized spacial score (nSPS) is 28.0. The second-order valence-corrected chi connectivity index (χ2v) is 6.90. The molecule has 2 N–H and O–H groups in total. The molecule has 3 unspecified atom stereocenters. The minimum atomic E-state index is 0.00313. The van der Waals surface area contributed by atoms with Crippen LogP contribution in [0.2, 0.25) is 0 Å². The van der Waals surface area contributed by atoms with Crippen molar-refractivity contribution in [3.05, 3.63) is 0 Å². The number of morpholine rings is 1. The Hall–Kier alpha value is -0.120.